The third kappa shape index (κ3) is 13.9. The van der Waals surface area contributed by atoms with E-state index in [9.17, 15) is 43.9 Å². The predicted octanol–water partition coefficient (Wildman–Crippen LogP) is 4.33. The second-order valence-electron chi connectivity index (χ2n) is 8.66. The molecule has 11 nitrogen and oxygen atoms in total. The standard InChI is InChI=1S/C18H20FN3O2.3C2HF3O2/c19-14-2-1-7-21-18(14)24-16-4-3-15-17(16)23-11-10-22(15)12-13-5-8-20-9-6-13;3*3-2(4,5)1(6)7/h1-2,5-9,15-17H,3-4,10-12H2;3*(H,6,7)/t15-,16+,17+;;;/m0.../s1. The van der Waals surface area contributed by atoms with Crippen molar-refractivity contribution in [2.75, 3.05) is 13.2 Å². The number of aliphatic carboxylic acids is 3. The van der Waals surface area contributed by atoms with E-state index in [-0.39, 0.29) is 18.1 Å². The Morgan fingerprint density at radius 2 is 1.33 bits per heavy atom. The Morgan fingerprint density at radius 3 is 1.78 bits per heavy atom. The summed E-state index contributed by atoms with van der Waals surface area (Å²) in [6.07, 6.45) is -8.44. The highest BCUT2D eigenvalue weighted by Gasteiger charge is 2.44. The summed E-state index contributed by atoms with van der Waals surface area (Å²) < 4.78 is 121. The van der Waals surface area contributed by atoms with Crippen LogP contribution in [0.2, 0.25) is 0 Å². The van der Waals surface area contributed by atoms with E-state index >= 15 is 0 Å². The maximum atomic E-state index is 13.8. The van der Waals surface area contributed by atoms with Gasteiger partial charge in [0.2, 0.25) is 0 Å². The van der Waals surface area contributed by atoms with Gasteiger partial charge in [-0.05, 0) is 42.7 Å². The Labute approximate surface area is 246 Å². The molecule has 2 aliphatic rings. The van der Waals surface area contributed by atoms with Crippen molar-refractivity contribution in [1.82, 2.24) is 14.9 Å². The number of aromatic nitrogens is 2. The van der Waals surface area contributed by atoms with Gasteiger partial charge in [-0.1, -0.05) is 0 Å². The van der Waals surface area contributed by atoms with Gasteiger partial charge in [-0.2, -0.15) is 39.5 Å². The number of carboxylic acids is 3. The van der Waals surface area contributed by atoms with Gasteiger partial charge < -0.3 is 24.8 Å². The largest absolute Gasteiger partial charge is 0.490 e. The molecule has 2 aromatic rings. The quantitative estimate of drug-likeness (QED) is 0.398. The summed E-state index contributed by atoms with van der Waals surface area (Å²) in [5.74, 6) is -8.63. The molecule has 0 spiro atoms. The van der Waals surface area contributed by atoms with E-state index in [0.717, 1.165) is 25.9 Å². The lowest BCUT2D eigenvalue weighted by molar-refractivity contribution is -0.193. The van der Waals surface area contributed by atoms with Crippen molar-refractivity contribution >= 4 is 17.9 Å². The Bertz CT molecular complexity index is 1190. The molecular weight excluding hydrogens is 648 g/mol. The van der Waals surface area contributed by atoms with E-state index in [1.54, 1.807) is 12.3 Å². The average molecular weight is 671 g/mol. The van der Waals surface area contributed by atoms with Gasteiger partial charge in [0, 0.05) is 37.7 Å². The molecule has 1 saturated heterocycles. The van der Waals surface area contributed by atoms with Gasteiger partial charge in [0.15, 0.2) is 5.82 Å². The predicted molar refractivity (Wildman–Crippen MR) is 127 cm³/mol. The lowest BCUT2D eigenvalue weighted by Gasteiger charge is -2.39. The third-order valence-electron chi connectivity index (χ3n) is 5.50. The zero-order valence-corrected chi connectivity index (χ0v) is 22.3. The first-order valence-electron chi connectivity index (χ1n) is 12.1. The second kappa shape index (κ2) is 16.7. The average Bonchev–Trinajstić information content (AvgIpc) is 3.34. The number of carboxylic acid groups (broad SMARTS) is 3. The smallest absolute Gasteiger partial charge is 0.475 e. The number of hydrogen-bond donors (Lipinski definition) is 3. The van der Waals surface area contributed by atoms with Crippen molar-refractivity contribution in [3.8, 4) is 5.88 Å². The highest BCUT2D eigenvalue weighted by Crippen LogP contribution is 2.33. The minimum Gasteiger partial charge on any atom is -0.475 e. The molecule has 3 atom stereocenters. The molecule has 0 bridgehead atoms. The summed E-state index contributed by atoms with van der Waals surface area (Å²) in [6, 6.07) is 7.30. The van der Waals surface area contributed by atoms with E-state index in [4.69, 9.17) is 39.2 Å². The Hall–Kier alpha value is -4.27. The molecule has 1 saturated carbocycles. The number of fused-ring (bicyclic) bond motifs is 1. The fourth-order valence-corrected chi connectivity index (χ4v) is 3.64. The molecule has 0 unspecified atom stereocenters. The summed E-state index contributed by atoms with van der Waals surface area (Å²) in [6.45, 7) is 2.43. The second-order valence-corrected chi connectivity index (χ2v) is 8.66. The molecule has 1 aliphatic carbocycles. The number of pyridine rings is 2. The summed E-state index contributed by atoms with van der Waals surface area (Å²) in [4.78, 5) is 37.2. The molecule has 0 amide bonds. The van der Waals surface area contributed by atoms with Crippen LogP contribution in [0.1, 0.15) is 18.4 Å². The first-order valence-corrected chi connectivity index (χ1v) is 12.1. The van der Waals surface area contributed by atoms with Crippen LogP contribution in [0.4, 0.5) is 43.9 Å². The number of rotatable bonds is 4. The number of hydrogen-bond acceptors (Lipinski definition) is 8. The number of carbonyl (C=O) groups is 3. The topological polar surface area (TPSA) is 159 Å². The molecule has 4 rings (SSSR count). The van der Waals surface area contributed by atoms with Gasteiger partial charge >= 0.3 is 36.4 Å². The van der Waals surface area contributed by atoms with E-state index < -0.39 is 42.3 Å². The number of morpholine rings is 1. The van der Waals surface area contributed by atoms with Gasteiger partial charge in [0.05, 0.1) is 6.61 Å². The summed E-state index contributed by atoms with van der Waals surface area (Å²) >= 11 is 0. The zero-order valence-electron chi connectivity index (χ0n) is 22.3. The van der Waals surface area contributed by atoms with Crippen LogP contribution >= 0.6 is 0 Å². The minimum absolute atomic E-state index is 0.0398. The molecule has 0 radical (unpaired) electrons. The van der Waals surface area contributed by atoms with Crippen molar-refractivity contribution in [2.24, 2.45) is 0 Å². The van der Waals surface area contributed by atoms with Crippen LogP contribution in [0.5, 0.6) is 5.88 Å². The summed E-state index contributed by atoms with van der Waals surface area (Å²) in [7, 11) is 0. The number of ether oxygens (including phenoxy) is 2. The normalized spacial score (nSPS) is 19.6. The number of halogens is 10. The molecule has 1 aliphatic heterocycles. The molecule has 2 aromatic heterocycles. The van der Waals surface area contributed by atoms with Gasteiger partial charge in [-0.3, -0.25) is 9.88 Å². The van der Waals surface area contributed by atoms with Gasteiger partial charge in [-0.15, -0.1) is 0 Å². The Kier molecular flexibility index (Phi) is 14.4. The summed E-state index contributed by atoms with van der Waals surface area (Å²) in [5.41, 5.74) is 1.24. The maximum Gasteiger partial charge on any atom is 0.490 e. The molecule has 0 aromatic carbocycles. The van der Waals surface area contributed by atoms with Crippen LogP contribution in [0, 0.1) is 5.82 Å². The monoisotopic (exact) mass is 671 g/mol. The third-order valence-corrected chi connectivity index (χ3v) is 5.50. The zero-order chi connectivity index (χ0) is 34.6. The minimum atomic E-state index is -5.08. The summed E-state index contributed by atoms with van der Waals surface area (Å²) in [5, 5.41) is 21.4. The van der Waals surface area contributed by atoms with Crippen LogP contribution in [0.25, 0.3) is 0 Å². The lowest BCUT2D eigenvalue weighted by atomic mass is 10.1. The number of alkyl halides is 9. The Morgan fingerprint density at radius 1 is 0.844 bits per heavy atom. The SMILES string of the molecule is Fc1cccnc1O[C@@H]1CC[C@H]2[C@H]1OCCN2Cc1ccncc1.O=C(O)C(F)(F)F.O=C(O)C(F)(F)F.O=C(O)C(F)(F)F. The molecular formula is C24H23F10N3O8. The number of nitrogens with zero attached hydrogens (tertiary/aromatic N) is 3. The molecule has 3 N–H and O–H groups in total. The van der Waals surface area contributed by atoms with Crippen LogP contribution in [0.3, 0.4) is 0 Å². The van der Waals surface area contributed by atoms with Gasteiger partial charge in [-0.25, -0.2) is 23.8 Å². The first-order chi connectivity index (χ1) is 20.6. The molecule has 2 fully saturated rings. The van der Waals surface area contributed by atoms with Gasteiger partial charge in [0.1, 0.15) is 12.2 Å². The van der Waals surface area contributed by atoms with Crippen LogP contribution < -0.4 is 4.74 Å². The van der Waals surface area contributed by atoms with Crippen molar-refractivity contribution in [2.45, 2.75) is 56.2 Å². The Balaban J connectivity index is 0.000000396. The fourth-order valence-electron chi connectivity index (χ4n) is 3.64. The highest BCUT2D eigenvalue weighted by molar-refractivity contribution is 5.73. The van der Waals surface area contributed by atoms with Gasteiger partial charge in [0.25, 0.3) is 5.88 Å². The first kappa shape index (κ1) is 38.8. The van der Waals surface area contributed by atoms with E-state index in [1.165, 1.54) is 11.6 Å². The van der Waals surface area contributed by atoms with Crippen LogP contribution in [0.15, 0.2) is 42.9 Å². The van der Waals surface area contributed by atoms with Crippen molar-refractivity contribution < 1.29 is 83.1 Å². The van der Waals surface area contributed by atoms with Crippen molar-refractivity contribution in [3.63, 3.8) is 0 Å². The van der Waals surface area contributed by atoms with E-state index in [2.05, 4.69) is 14.9 Å². The fraction of sp³-hybridized carbons (Fsp3) is 0.458. The maximum absolute atomic E-state index is 13.8. The molecule has 45 heavy (non-hydrogen) atoms. The van der Waals surface area contributed by atoms with Crippen LogP contribution in [-0.2, 0) is 25.7 Å². The molecule has 252 valence electrons. The molecule has 21 heteroatoms. The van der Waals surface area contributed by atoms with E-state index in [1.807, 2.05) is 24.5 Å². The highest BCUT2D eigenvalue weighted by atomic mass is 19.4. The lowest BCUT2D eigenvalue weighted by Crippen LogP contribution is -2.51. The van der Waals surface area contributed by atoms with Crippen molar-refractivity contribution in [1.29, 1.82) is 0 Å². The van der Waals surface area contributed by atoms with E-state index in [0.29, 0.717) is 12.6 Å². The molecule has 3 heterocycles. The van der Waals surface area contributed by atoms with Crippen LogP contribution in [-0.4, -0.2) is 98.0 Å². The van der Waals surface area contributed by atoms with Crippen molar-refractivity contribution in [3.05, 3.63) is 54.2 Å².